The monoisotopic (exact) mass is 1100 g/mol. The lowest BCUT2D eigenvalue weighted by Crippen LogP contribution is -2.64. The van der Waals surface area contributed by atoms with Gasteiger partial charge in [-0.25, -0.2) is 0 Å². The first-order valence-corrected chi connectivity index (χ1v) is 24.9. The molecule has 1 saturated carbocycles. The first-order chi connectivity index (χ1) is 35.9. The van der Waals surface area contributed by atoms with Gasteiger partial charge in [0.15, 0.2) is 44.0 Å². The van der Waals surface area contributed by atoms with E-state index in [1.165, 1.54) is 14.2 Å². The van der Waals surface area contributed by atoms with Gasteiger partial charge in [-0.1, -0.05) is 0 Å². The summed E-state index contributed by atoms with van der Waals surface area (Å²) < 4.78 is 88.4. The van der Waals surface area contributed by atoms with E-state index in [1.54, 1.807) is 0 Å². The lowest BCUT2D eigenvalue weighted by molar-refractivity contribution is -0.383. The van der Waals surface area contributed by atoms with Crippen LogP contribution < -0.4 is 0 Å². The summed E-state index contributed by atoms with van der Waals surface area (Å²) in [5.74, 6) is -2.72. The van der Waals surface area contributed by atoms with Crippen LogP contribution in [0.5, 0.6) is 0 Å². The lowest BCUT2D eigenvalue weighted by Gasteiger charge is -2.48. The maximum Gasteiger partial charge on any atom is 0.187 e. The van der Waals surface area contributed by atoms with Crippen LogP contribution in [-0.4, -0.2) is 327 Å². The molecular formula is C44H74O31. The molecule has 16 N–H and O–H groups in total. The molecule has 8 aliphatic rings. The molecule has 32 atom stereocenters. The van der Waals surface area contributed by atoms with Crippen LogP contribution in [0.4, 0.5) is 0 Å². The molecule has 0 bridgehead atoms. The van der Waals surface area contributed by atoms with Gasteiger partial charge in [0.05, 0.1) is 64.6 Å². The first-order valence-electron chi connectivity index (χ1n) is 24.9. The van der Waals surface area contributed by atoms with E-state index >= 15 is 0 Å². The summed E-state index contributed by atoms with van der Waals surface area (Å²) in [6, 6.07) is 0. The molecular weight excluding hydrogens is 1020 g/mol. The van der Waals surface area contributed by atoms with Gasteiger partial charge in [-0.15, -0.1) is 0 Å². The van der Waals surface area contributed by atoms with Gasteiger partial charge in [0.2, 0.25) is 0 Å². The minimum Gasteiger partial charge on any atom is -0.396 e. The minimum absolute atomic E-state index is 0.0777. The summed E-state index contributed by atoms with van der Waals surface area (Å²) in [5, 5.41) is 172. The number of rotatable bonds is 20. The van der Waals surface area contributed by atoms with Crippen molar-refractivity contribution in [3.8, 4) is 0 Å². The second kappa shape index (κ2) is 26.1. The van der Waals surface area contributed by atoms with Crippen LogP contribution in [0.1, 0.15) is 12.8 Å². The summed E-state index contributed by atoms with van der Waals surface area (Å²) in [7, 11) is 2.52. The molecule has 436 valence electrons. The van der Waals surface area contributed by atoms with Crippen LogP contribution in [0.2, 0.25) is 0 Å². The van der Waals surface area contributed by atoms with Crippen molar-refractivity contribution in [3.05, 3.63) is 0 Å². The molecule has 7 saturated heterocycles. The molecule has 9 unspecified atom stereocenters. The topological polar surface area (TPSA) is 462 Å². The Bertz CT molecular complexity index is 1750. The van der Waals surface area contributed by atoms with Crippen LogP contribution in [-0.2, 0) is 71.1 Å². The van der Waals surface area contributed by atoms with Gasteiger partial charge in [-0.05, 0) is 18.8 Å². The third kappa shape index (κ3) is 12.5. The molecule has 7 heterocycles. The fourth-order valence-corrected chi connectivity index (χ4v) is 10.9. The Morgan fingerprint density at radius 1 is 0.333 bits per heavy atom. The van der Waals surface area contributed by atoms with Gasteiger partial charge in [-0.2, -0.15) is 0 Å². The van der Waals surface area contributed by atoms with Gasteiger partial charge in [-0.3, -0.25) is 0 Å². The zero-order valence-electron chi connectivity index (χ0n) is 40.8. The Morgan fingerprint density at radius 3 is 1.27 bits per heavy atom. The zero-order valence-corrected chi connectivity index (χ0v) is 40.8. The van der Waals surface area contributed by atoms with E-state index in [2.05, 4.69) is 0 Å². The fraction of sp³-hybridized carbons (Fsp3) is 1.00. The molecule has 31 heteroatoms. The average molecular weight is 1100 g/mol. The summed E-state index contributed by atoms with van der Waals surface area (Å²) in [5.41, 5.74) is 0. The van der Waals surface area contributed by atoms with Crippen molar-refractivity contribution >= 4 is 0 Å². The predicted molar refractivity (Wildman–Crippen MR) is 232 cm³/mol. The van der Waals surface area contributed by atoms with Crippen LogP contribution in [0, 0.1) is 17.8 Å². The molecule has 7 aliphatic heterocycles. The summed E-state index contributed by atoms with van der Waals surface area (Å²) in [6.45, 7) is -4.47. The molecule has 8 fully saturated rings. The van der Waals surface area contributed by atoms with Crippen LogP contribution >= 0.6 is 0 Å². The van der Waals surface area contributed by atoms with E-state index < -0.39 is 242 Å². The lowest BCUT2D eigenvalue weighted by atomic mass is 9.82. The van der Waals surface area contributed by atoms with E-state index in [0.29, 0.717) is 0 Å². The van der Waals surface area contributed by atoms with Crippen molar-refractivity contribution < 1.29 is 153 Å². The number of hydrogen-bond acceptors (Lipinski definition) is 31. The Balaban J connectivity index is 1.09. The van der Waals surface area contributed by atoms with Crippen LogP contribution in [0.3, 0.4) is 0 Å². The van der Waals surface area contributed by atoms with E-state index in [9.17, 15) is 81.7 Å². The van der Waals surface area contributed by atoms with Crippen molar-refractivity contribution in [3.63, 3.8) is 0 Å². The van der Waals surface area contributed by atoms with Gasteiger partial charge in [0.25, 0.3) is 0 Å². The molecule has 8 rings (SSSR count). The average Bonchev–Trinajstić information content (AvgIpc) is 4.05. The minimum atomic E-state index is -1.85. The van der Waals surface area contributed by atoms with Crippen LogP contribution in [0.15, 0.2) is 0 Å². The molecule has 75 heavy (non-hydrogen) atoms. The highest BCUT2D eigenvalue weighted by molar-refractivity contribution is 4.99. The van der Waals surface area contributed by atoms with E-state index in [1.807, 2.05) is 0 Å². The van der Waals surface area contributed by atoms with Crippen molar-refractivity contribution in [1.29, 1.82) is 0 Å². The zero-order chi connectivity index (χ0) is 54.2. The largest absolute Gasteiger partial charge is 0.396 e. The van der Waals surface area contributed by atoms with Crippen molar-refractivity contribution in [1.82, 2.24) is 0 Å². The second-order valence-electron chi connectivity index (χ2n) is 20.0. The Kier molecular flexibility index (Phi) is 20.9. The smallest absolute Gasteiger partial charge is 0.187 e. The number of aliphatic hydroxyl groups is 16. The molecule has 0 spiro atoms. The van der Waals surface area contributed by atoms with E-state index in [-0.39, 0.29) is 19.4 Å². The second-order valence-corrected chi connectivity index (χ2v) is 20.0. The molecule has 0 aromatic rings. The Labute approximate surface area is 428 Å². The van der Waals surface area contributed by atoms with Gasteiger partial charge in [0.1, 0.15) is 116 Å². The van der Waals surface area contributed by atoms with Crippen molar-refractivity contribution in [2.45, 2.75) is 191 Å². The quantitative estimate of drug-likeness (QED) is 0.0538. The van der Waals surface area contributed by atoms with Crippen molar-refractivity contribution in [2.24, 2.45) is 17.8 Å². The number of methoxy groups -OCH3 is 2. The van der Waals surface area contributed by atoms with E-state index in [4.69, 9.17) is 71.1 Å². The SMILES string of the molecule is CO[C@@H]1OC[C@@H](O[C@@H]2OC[C@@H](O[C@@H]3OC[C@@H](O[C@@H]4OC[C@@H](OC)[C@H](O)C4O[C@@H]4O[C@@H](CO)[C@H](O)[C@H]4O)C(C[C@@H]4C[C@@H](CO)C(O)[C@H]4O)C3O)[C@H](O[C@@H]3O[C@@H](CO)[C@H](O)[C@H]3O)C2O[C@@H]2O[C@@H](CO)C(O)C2O)C(O)C1O. The normalized spacial score (nSPS) is 52.7. The van der Waals surface area contributed by atoms with Crippen molar-refractivity contribution in [2.75, 3.05) is 67.1 Å². The Morgan fingerprint density at radius 2 is 0.760 bits per heavy atom. The third-order valence-corrected chi connectivity index (χ3v) is 15.4. The highest BCUT2D eigenvalue weighted by Crippen LogP contribution is 2.42. The molecule has 1 aliphatic carbocycles. The highest BCUT2D eigenvalue weighted by Gasteiger charge is 2.57. The molecule has 0 aromatic heterocycles. The summed E-state index contributed by atoms with van der Waals surface area (Å²) in [6.07, 6.45) is -45.6. The third-order valence-electron chi connectivity index (χ3n) is 15.4. The molecule has 0 radical (unpaired) electrons. The fourth-order valence-electron chi connectivity index (χ4n) is 10.9. The Hall–Kier alpha value is -1.24. The van der Waals surface area contributed by atoms with Gasteiger partial charge in [0, 0.05) is 32.7 Å². The number of aliphatic hydroxyl groups excluding tert-OH is 16. The van der Waals surface area contributed by atoms with E-state index in [0.717, 1.165) is 0 Å². The highest BCUT2D eigenvalue weighted by atomic mass is 16.8. The number of ether oxygens (including phenoxy) is 15. The first kappa shape index (κ1) is 59.9. The maximum atomic E-state index is 12.4. The van der Waals surface area contributed by atoms with Crippen LogP contribution in [0.25, 0.3) is 0 Å². The summed E-state index contributed by atoms with van der Waals surface area (Å²) in [4.78, 5) is 0. The molecule has 31 nitrogen and oxygen atoms in total. The van der Waals surface area contributed by atoms with Gasteiger partial charge >= 0.3 is 0 Å². The number of hydrogen-bond donors (Lipinski definition) is 16. The molecule has 0 aromatic carbocycles. The standard InChI is InChI=1S/C44H74O31/c1-61-20-10-65-43(36(30(20)56)74-41-33(59)27(53)17(7-47)68-41)70-19-9-64-39(25(51)15(19)4-13-3-14(5-45)24(50)23(13)49)72-22-12-66-44(71-21-11-63-38(62-2)31(57)29(21)55)37(75-42-34(60)28(54)18(8-48)69-42)35(22)73-40-32(58)26(52)16(6-46)67-40/h13-60H,3-12H2,1-2H3/t13-,14-,15?,16-,17-,18-,19+,20+,21+,22+,23-,24?,25?,26-,27-,28?,29?,30-,31?,32+,33+,34?,35-,36?,37?,38+,39-,40-,41-,42-,43-,44-/m0/s1. The predicted octanol–water partition coefficient (Wildman–Crippen LogP) is -10.5. The summed E-state index contributed by atoms with van der Waals surface area (Å²) >= 11 is 0. The molecule has 0 amide bonds. The van der Waals surface area contributed by atoms with Gasteiger partial charge < -0.3 is 153 Å². The maximum absolute atomic E-state index is 12.4.